The third-order valence-corrected chi connectivity index (χ3v) is 3.58. The number of aromatic nitrogens is 2. The Bertz CT molecular complexity index is 467. The predicted octanol–water partition coefficient (Wildman–Crippen LogP) is 2.46. The predicted molar refractivity (Wildman–Crippen MR) is 56.3 cm³/mol. The van der Waals surface area contributed by atoms with Crippen LogP contribution in [0.25, 0.3) is 0 Å². The molecule has 2 rings (SSSR count). The molecule has 1 heterocycles. The topological polar surface area (TPSA) is 46.0 Å². The standard InChI is InChI=1S/C9H6F2N2OS2/c10-6-1-5(3-14)2-7(11)8(6)15-9-12-4-13-16-9/h1-2,4,14H,3H2. The molecular weight excluding hydrogens is 254 g/mol. The lowest BCUT2D eigenvalue weighted by atomic mass is 10.2. The molecule has 0 aliphatic carbocycles. The van der Waals surface area contributed by atoms with E-state index in [-0.39, 0.29) is 10.5 Å². The van der Waals surface area contributed by atoms with E-state index < -0.39 is 18.2 Å². The minimum absolute atomic E-state index is 0.131. The van der Waals surface area contributed by atoms with Gasteiger partial charge in [0.1, 0.15) is 18.0 Å². The Labute approximate surface area is 98.3 Å². The van der Waals surface area contributed by atoms with Gasteiger partial charge in [0.15, 0.2) is 4.34 Å². The van der Waals surface area contributed by atoms with E-state index in [9.17, 15) is 8.78 Å². The second-order valence-corrected chi connectivity index (χ2v) is 4.89. The highest BCUT2D eigenvalue weighted by Gasteiger charge is 2.13. The Morgan fingerprint density at radius 2 is 2.00 bits per heavy atom. The Morgan fingerprint density at radius 1 is 1.31 bits per heavy atom. The molecule has 0 unspecified atom stereocenters. The molecule has 7 heteroatoms. The van der Waals surface area contributed by atoms with Crippen LogP contribution in [-0.2, 0) is 6.61 Å². The Hall–Kier alpha value is -1.05. The zero-order chi connectivity index (χ0) is 11.5. The molecule has 0 aliphatic heterocycles. The average Bonchev–Trinajstić information content (AvgIpc) is 2.75. The summed E-state index contributed by atoms with van der Waals surface area (Å²) in [6, 6.07) is 2.21. The van der Waals surface area contributed by atoms with Gasteiger partial charge in [-0.1, -0.05) is 11.8 Å². The van der Waals surface area contributed by atoms with Crippen LogP contribution in [0.5, 0.6) is 0 Å². The molecule has 0 saturated carbocycles. The van der Waals surface area contributed by atoms with Crippen molar-refractivity contribution < 1.29 is 13.9 Å². The minimum atomic E-state index is -0.704. The van der Waals surface area contributed by atoms with Crippen LogP contribution in [0.2, 0.25) is 0 Å². The third kappa shape index (κ3) is 2.37. The van der Waals surface area contributed by atoms with E-state index in [4.69, 9.17) is 5.11 Å². The highest BCUT2D eigenvalue weighted by atomic mass is 32.2. The largest absolute Gasteiger partial charge is 0.392 e. The van der Waals surface area contributed by atoms with Gasteiger partial charge in [-0.3, -0.25) is 0 Å². The van der Waals surface area contributed by atoms with Crippen molar-refractivity contribution in [3.63, 3.8) is 0 Å². The minimum Gasteiger partial charge on any atom is -0.392 e. The molecule has 16 heavy (non-hydrogen) atoms. The molecule has 0 amide bonds. The van der Waals surface area contributed by atoms with Crippen LogP contribution in [0.3, 0.4) is 0 Å². The summed E-state index contributed by atoms with van der Waals surface area (Å²) in [7, 11) is 0. The Kier molecular flexibility index (Phi) is 3.47. The van der Waals surface area contributed by atoms with Crippen molar-refractivity contribution in [1.29, 1.82) is 0 Å². The van der Waals surface area contributed by atoms with Crippen LogP contribution >= 0.6 is 23.3 Å². The van der Waals surface area contributed by atoms with Gasteiger partial charge in [0.25, 0.3) is 0 Å². The zero-order valence-electron chi connectivity index (χ0n) is 7.85. The number of rotatable bonds is 3. The lowest BCUT2D eigenvalue weighted by Crippen LogP contribution is -1.92. The second kappa shape index (κ2) is 4.86. The Balaban J connectivity index is 2.34. The maximum absolute atomic E-state index is 13.5. The summed E-state index contributed by atoms with van der Waals surface area (Å²) in [5.41, 5.74) is 0.205. The highest BCUT2D eigenvalue weighted by Crippen LogP contribution is 2.32. The summed E-state index contributed by atoms with van der Waals surface area (Å²) in [4.78, 5) is 3.69. The smallest absolute Gasteiger partial charge is 0.174 e. The first-order chi connectivity index (χ1) is 7.70. The number of hydrogen-bond donors (Lipinski definition) is 1. The molecular formula is C9H6F2N2OS2. The quantitative estimate of drug-likeness (QED) is 0.920. The van der Waals surface area contributed by atoms with Gasteiger partial charge in [0.05, 0.1) is 11.5 Å². The van der Waals surface area contributed by atoms with Crippen molar-refractivity contribution in [2.75, 3.05) is 0 Å². The first-order valence-electron chi connectivity index (χ1n) is 4.24. The fourth-order valence-corrected chi connectivity index (χ4v) is 2.49. The second-order valence-electron chi connectivity index (χ2n) is 2.86. The van der Waals surface area contributed by atoms with Gasteiger partial charge in [-0.2, -0.15) is 4.37 Å². The molecule has 0 fully saturated rings. The van der Waals surface area contributed by atoms with Gasteiger partial charge >= 0.3 is 0 Å². The normalized spacial score (nSPS) is 10.7. The van der Waals surface area contributed by atoms with E-state index in [0.29, 0.717) is 4.34 Å². The summed E-state index contributed by atoms with van der Waals surface area (Å²) in [5.74, 6) is -1.41. The SMILES string of the molecule is OCc1cc(F)c(Sc2ncns2)c(F)c1. The maximum atomic E-state index is 13.5. The molecule has 0 spiro atoms. The van der Waals surface area contributed by atoms with Gasteiger partial charge in [0.2, 0.25) is 0 Å². The van der Waals surface area contributed by atoms with E-state index in [1.807, 2.05) is 0 Å². The van der Waals surface area contributed by atoms with Gasteiger partial charge in [-0.05, 0) is 29.2 Å². The van der Waals surface area contributed by atoms with Gasteiger partial charge in [-0.25, -0.2) is 13.8 Å². The van der Waals surface area contributed by atoms with Crippen LogP contribution < -0.4 is 0 Å². The number of halogens is 2. The van der Waals surface area contributed by atoms with Crippen molar-refractivity contribution in [3.05, 3.63) is 35.7 Å². The first-order valence-corrected chi connectivity index (χ1v) is 5.83. The fraction of sp³-hybridized carbons (Fsp3) is 0.111. The number of aliphatic hydroxyl groups excluding tert-OH is 1. The molecule has 0 saturated heterocycles. The van der Waals surface area contributed by atoms with Crippen LogP contribution in [0, 0.1) is 11.6 Å². The highest BCUT2D eigenvalue weighted by molar-refractivity contribution is 8.01. The molecule has 0 radical (unpaired) electrons. The van der Waals surface area contributed by atoms with Gasteiger partial charge in [0, 0.05) is 0 Å². The van der Waals surface area contributed by atoms with Crippen molar-refractivity contribution in [3.8, 4) is 0 Å². The lowest BCUT2D eigenvalue weighted by Gasteiger charge is -2.04. The third-order valence-electron chi connectivity index (χ3n) is 1.77. The van der Waals surface area contributed by atoms with Crippen LogP contribution in [0.15, 0.2) is 27.7 Å². The van der Waals surface area contributed by atoms with Crippen molar-refractivity contribution in [2.45, 2.75) is 15.8 Å². The molecule has 0 bridgehead atoms. The summed E-state index contributed by atoms with van der Waals surface area (Å²) in [6.45, 7) is -0.391. The summed E-state index contributed by atoms with van der Waals surface area (Å²) in [6.07, 6.45) is 1.32. The molecule has 1 aromatic carbocycles. The number of aliphatic hydroxyl groups is 1. The van der Waals surface area contributed by atoms with Crippen molar-refractivity contribution >= 4 is 23.3 Å². The molecule has 0 atom stereocenters. The molecule has 3 nitrogen and oxygen atoms in total. The number of hydrogen-bond acceptors (Lipinski definition) is 5. The molecule has 1 aromatic heterocycles. The maximum Gasteiger partial charge on any atom is 0.174 e. The van der Waals surface area contributed by atoms with E-state index in [2.05, 4.69) is 9.36 Å². The summed E-state index contributed by atoms with van der Waals surface area (Å²) >= 11 is 1.94. The van der Waals surface area contributed by atoms with E-state index in [0.717, 1.165) is 35.4 Å². The zero-order valence-corrected chi connectivity index (χ0v) is 9.49. The van der Waals surface area contributed by atoms with Crippen LogP contribution in [-0.4, -0.2) is 14.5 Å². The molecule has 84 valence electrons. The van der Waals surface area contributed by atoms with Gasteiger partial charge < -0.3 is 5.11 Å². The van der Waals surface area contributed by atoms with E-state index >= 15 is 0 Å². The van der Waals surface area contributed by atoms with Crippen molar-refractivity contribution in [2.24, 2.45) is 0 Å². The van der Waals surface area contributed by atoms with Crippen molar-refractivity contribution in [1.82, 2.24) is 9.36 Å². The van der Waals surface area contributed by atoms with E-state index in [1.54, 1.807) is 0 Å². The van der Waals surface area contributed by atoms with E-state index in [1.165, 1.54) is 6.33 Å². The first kappa shape index (κ1) is 11.4. The summed E-state index contributed by atoms with van der Waals surface area (Å²) in [5, 5.41) is 8.77. The molecule has 2 aromatic rings. The molecule has 0 aliphatic rings. The Morgan fingerprint density at radius 3 is 2.50 bits per heavy atom. The van der Waals surface area contributed by atoms with Crippen LogP contribution in [0.1, 0.15) is 5.56 Å². The summed E-state index contributed by atoms with van der Waals surface area (Å²) < 4.78 is 31.2. The van der Waals surface area contributed by atoms with Crippen LogP contribution in [0.4, 0.5) is 8.78 Å². The molecule has 1 N–H and O–H groups in total. The number of nitrogens with zero attached hydrogens (tertiary/aromatic N) is 2. The monoisotopic (exact) mass is 260 g/mol. The fourth-order valence-electron chi connectivity index (χ4n) is 1.10. The van der Waals surface area contributed by atoms with Gasteiger partial charge in [-0.15, -0.1) is 0 Å². The number of benzene rings is 1. The average molecular weight is 260 g/mol. The lowest BCUT2D eigenvalue weighted by molar-refractivity contribution is 0.280.